The molecule has 2 N–H and O–H groups in total. The quantitative estimate of drug-likeness (QED) is 0.391. The fraction of sp³-hybridized carbons (Fsp3) is 0.375. The molecule has 1 heterocycles. The topological polar surface area (TPSA) is 113 Å². The van der Waals surface area contributed by atoms with Gasteiger partial charge in [0, 0.05) is 25.3 Å². The van der Waals surface area contributed by atoms with Gasteiger partial charge in [0.25, 0.3) is 5.91 Å². The van der Waals surface area contributed by atoms with E-state index in [2.05, 4.69) is 15.6 Å². The van der Waals surface area contributed by atoms with Gasteiger partial charge in [-0.3, -0.25) is 14.9 Å². The van der Waals surface area contributed by atoms with Crippen LogP contribution >= 0.6 is 0 Å². The molecule has 2 aromatic carbocycles. The van der Waals surface area contributed by atoms with Gasteiger partial charge in [-0.1, -0.05) is 12.1 Å². The van der Waals surface area contributed by atoms with Gasteiger partial charge in [0.1, 0.15) is 0 Å². The molecule has 3 rings (SSSR count). The molecule has 34 heavy (non-hydrogen) atoms. The molecular weight excluding hydrogens is 440 g/mol. The Morgan fingerprint density at radius 1 is 1.03 bits per heavy atom. The van der Waals surface area contributed by atoms with Crippen molar-refractivity contribution in [3.05, 3.63) is 42.0 Å². The number of amides is 2. The van der Waals surface area contributed by atoms with Crippen LogP contribution in [-0.2, 0) is 16.1 Å². The molecular formula is C24H30N4O6. The van der Waals surface area contributed by atoms with Crippen LogP contribution in [0.25, 0.3) is 11.0 Å². The first-order valence-corrected chi connectivity index (χ1v) is 10.9. The smallest absolute Gasteiger partial charge is 0.251 e. The number of para-hydroxylation sites is 2. The van der Waals surface area contributed by atoms with Crippen LogP contribution in [-0.4, -0.2) is 62.5 Å². The Labute approximate surface area is 198 Å². The second-order valence-corrected chi connectivity index (χ2v) is 7.27. The van der Waals surface area contributed by atoms with E-state index >= 15 is 0 Å². The first-order chi connectivity index (χ1) is 16.5. The zero-order chi connectivity index (χ0) is 24.5. The van der Waals surface area contributed by atoms with Crippen molar-refractivity contribution in [1.29, 1.82) is 0 Å². The number of aryl methyl sites for hydroxylation is 1. The minimum atomic E-state index is -0.459. The molecule has 0 saturated carbocycles. The Balaban J connectivity index is 1.69. The number of hydrogen-bond donors (Lipinski definition) is 2. The highest BCUT2D eigenvalue weighted by Crippen LogP contribution is 2.38. The lowest BCUT2D eigenvalue weighted by Crippen LogP contribution is -2.33. The summed E-state index contributed by atoms with van der Waals surface area (Å²) < 4.78 is 23.2. The van der Waals surface area contributed by atoms with Crippen molar-refractivity contribution in [2.24, 2.45) is 0 Å². The average molecular weight is 471 g/mol. The lowest BCUT2D eigenvalue weighted by molar-refractivity contribution is -0.115. The first kappa shape index (κ1) is 24.8. The van der Waals surface area contributed by atoms with Crippen LogP contribution in [0.5, 0.6) is 17.2 Å². The largest absolute Gasteiger partial charge is 0.493 e. The summed E-state index contributed by atoms with van der Waals surface area (Å²) in [6, 6.07) is 10.7. The van der Waals surface area contributed by atoms with Crippen LogP contribution in [0.3, 0.4) is 0 Å². The SMILES string of the molecule is CCOCCCn1c(NC(=O)CNC(=O)c2cc(OC)c(OC)c(OC)c2)nc2ccccc21. The molecule has 0 aliphatic rings. The average Bonchev–Trinajstić information content (AvgIpc) is 3.20. The summed E-state index contributed by atoms with van der Waals surface area (Å²) in [4.78, 5) is 29.8. The van der Waals surface area contributed by atoms with Crippen LogP contribution < -0.4 is 24.8 Å². The van der Waals surface area contributed by atoms with Gasteiger partial charge in [-0.15, -0.1) is 0 Å². The Bertz CT molecular complexity index is 1120. The van der Waals surface area contributed by atoms with Gasteiger partial charge in [-0.05, 0) is 37.6 Å². The number of nitrogens with zero attached hydrogens (tertiary/aromatic N) is 2. The number of anilines is 1. The lowest BCUT2D eigenvalue weighted by atomic mass is 10.1. The first-order valence-electron chi connectivity index (χ1n) is 10.9. The van der Waals surface area contributed by atoms with E-state index in [-0.39, 0.29) is 12.1 Å². The minimum absolute atomic E-state index is 0.238. The maximum atomic E-state index is 12.7. The van der Waals surface area contributed by atoms with Crippen molar-refractivity contribution >= 4 is 28.8 Å². The number of methoxy groups -OCH3 is 3. The van der Waals surface area contributed by atoms with Gasteiger partial charge < -0.3 is 28.8 Å². The van der Waals surface area contributed by atoms with Gasteiger partial charge in [0.15, 0.2) is 11.5 Å². The van der Waals surface area contributed by atoms with Crippen molar-refractivity contribution in [3.8, 4) is 17.2 Å². The fourth-order valence-electron chi connectivity index (χ4n) is 3.51. The number of rotatable bonds is 12. The van der Waals surface area contributed by atoms with E-state index in [4.69, 9.17) is 18.9 Å². The van der Waals surface area contributed by atoms with Crippen LogP contribution in [0.15, 0.2) is 36.4 Å². The van der Waals surface area contributed by atoms with Crippen molar-refractivity contribution < 1.29 is 28.5 Å². The lowest BCUT2D eigenvalue weighted by Gasteiger charge is -2.14. The molecule has 2 amide bonds. The van der Waals surface area contributed by atoms with Crippen molar-refractivity contribution in [2.75, 3.05) is 46.4 Å². The minimum Gasteiger partial charge on any atom is -0.493 e. The third kappa shape index (κ3) is 5.76. The van der Waals surface area contributed by atoms with E-state index in [1.807, 2.05) is 35.8 Å². The Morgan fingerprint density at radius 2 is 1.74 bits per heavy atom. The van der Waals surface area contributed by atoms with E-state index in [0.717, 1.165) is 17.5 Å². The maximum Gasteiger partial charge on any atom is 0.251 e. The zero-order valence-corrected chi connectivity index (χ0v) is 19.8. The number of aromatic nitrogens is 2. The van der Waals surface area contributed by atoms with Gasteiger partial charge >= 0.3 is 0 Å². The van der Waals surface area contributed by atoms with E-state index in [1.165, 1.54) is 33.5 Å². The molecule has 10 heteroatoms. The van der Waals surface area contributed by atoms with Gasteiger partial charge in [0.05, 0.1) is 38.9 Å². The summed E-state index contributed by atoms with van der Waals surface area (Å²) in [5, 5.41) is 5.41. The van der Waals surface area contributed by atoms with Gasteiger partial charge in [-0.2, -0.15) is 0 Å². The highest BCUT2D eigenvalue weighted by Gasteiger charge is 2.18. The number of imidazole rings is 1. The van der Waals surface area contributed by atoms with E-state index in [9.17, 15) is 9.59 Å². The van der Waals surface area contributed by atoms with E-state index < -0.39 is 11.8 Å². The number of hydrogen-bond acceptors (Lipinski definition) is 7. The molecule has 0 spiro atoms. The summed E-state index contributed by atoms with van der Waals surface area (Å²) in [6.07, 6.45) is 0.773. The fourth-order valence-corrected chi connectivity index (χ4v) is 3.51. The number of ether oxygens (including phenoxy) is 4. The molecule has 0 bridgehead atoms. The molecule has 0 unspecified atom stereocenters. The van der Waals surface area contributed by atoms with Gasteiger partial charge in [0.2, 0.25) is 17.6 Å². The normalized spacial score (nSPS) is 10.7. The molecule has 1 aromatic heterocycles. The highest BCUT2D eigenvalue weighted by atomic mass is 16.5. The molecule has 10 nitrogen and oxygen atoms in total. The second-order valence-electron chi connectivity index (χ2n) is 7.27. The molecule has 0 saturated heterocycles. The number of benzene rings is 2. The summed E-state index contributed by atoms with van der Waals surface area (Å²) in [5.74, 6) is 0.628. The molecule has 0 aliphatic heterocycles. The predicted octanol–water partition coefficient (Wildman–Crippen LogP) is 2.86. The van der Waals surface area contributed by atoms with Gasteiger partial charge in [-0.25, -0.2) is 4.98 Å². The Hall–Kier alpha value is -3.79. The molecule has 0 aliphatic carbocycles. The van der Waals surface area contributed by atoms with Crippen LogP contribution in [0.4, 0.5) is 5.95 Å². The van der Waals surface area contributed by atoms with E-state index in [1.54, 1.807) is 0 Å². The van der Waals surface area contributed by atoms with Crippen molar-refractivity contribution in [2.45, 2.75) is 19.9 Å². The van der Waals surface area contributed by atoms with Crippen LogP contribution in [0.1, 0.15) is 23.7 Å². The van der Waals surface area contributed by atoms with E-state index in [0.29, 0.717) is 43.0 Å². The highest BCUT2D eigenvalue weighted by molar-refractivity contribution is 6.00. The zero-order valence-electron chi connectivity index (χ0n) is 19.8. The maximum absolute atomic E-state index is 12.7. The molecule has 0 fully saturated rings. The molecule has 0 atom stereocenters. The molecule has 3 aromatic rings. The van der Waals surface area contributed by atoms with Crippen LogP contribution in [0, 0.1) is 0 Å². The summed E-state index contributed by atoms with van der Waals surface area (Å²) in [5.41, 5.74) is 1.96. The summed E-state index contributed by atoms with van der Waals surface area (Å²) in [6.45, 7) is 3.61. The van der Waals surface area contributed by atoms with Crippen molar-refractivity contribution in [1.82, 2.24) is 14.9 Å². The number of carbonyl (C=O) groups is 2. The summed E-state index contributed by atoms with van der Waals surface area (Å²) >= 11 is 0. The standard InChI is InChI=1S/C24H30N4O6/c1-5-34-12-8-11-28-18-10-7-6-9-17(18)26-24(28)27-21(29)15-25-23(30)16-13-19(31-2)22(33-4)20(14-16)32-3/h6-7,9-10,13-14H,5,8,11-12,15H2,1-4H3,(H,25,30)(H,26,27,29). The number of fused-ring (bicyclic) bond motifs is 1. The molecule has 182 valence electrons. The Kier molecular flexibility index (Phi) is 8.69. The third-order valence-electron chi connectivity index (χ3n) is 5.12. The van der Waals surface area contributed by atoms with Crippen molar-refractivity contribution in [3.63, 3.8) is 0 Å². The monoisotopic (exact) mass is 470 g/mol. The number of carbonyl (C=O) groups excluding carboxylic acids is 2. The second kappa shape index (κ2) is 11.9. The van der Waals surface area contributed by atoms with Crippen LogP contribution in [0.2, 0.25) is 0 Å². The molecule has 0 radical (unpaired) electrons. The number of nitrogens with one attached hydrogen (secondary N) is 2. The predicted molar refractivity (Wildman–Crippen MR) is 128 cm³/mol. The third-order valence-corrected chi connectivity index (χ3v) is 5.12. The Morgan fingerprint density at radius 3 is 2.38 bits per heavy atom. The summed E-state index contributed by atoms with van der Waals surface area (Å²) in [7, 11) is 4.41.